The summed E-state index contributed by atoms with van der Waals surface area (Å²) in [6.45, 7) is 5.27. The van der Waals surface area contributed by atoms with E-state index in [1.54, 1.807) is 13.8 Å². The molecule has 26 heavy (non-hydrogen) atoms. The molecule has 0 atom stereocenters. The fourth-order valence-electron chi connectivity index (χ4n) is 2.67. The molecular formula is C19H27N3O4. The first-order valence-corrected chi connectivity index (χ1v) is 8.92. The molecule has 1 aromatic rings. The molecule has 2 rings (SSSR count). The number of nitrogens with one attached hydrogen (secondary N) is 2. The number of nitrogens with zero attached hydrogens (tertiary/aromatic N) is 1. The van der Waals surface area contributed by atoms with Crippen molar-refractivity contribution in [2.75, 3.05) is 19.7 Å². The Morgan fingerprint density at radius 2 is 1.92 bits per heavy atom. The van der Waals surface area contributed by atoms with Gasteiger partial charge in [-0.1, -0.05) is 30.3 Å². The molecule has 0 spiro atoms. The zero-order valence-electron chi connectivity index (χ0n) is 15.4. The van der Waals surface area contributed by atoms with Gasteiger partial charge in [-0.2, -0.15) is 0 Å². The molecule has 1 aliphatic rings. The Bertz CT molecular complexity index is 631. The van der Waals surface area contributed by atoms with Crippen LogP contribution in [0.25, 0.3) is 0 Å². The van der Waals surface area contributed by atoms with Crippen molar-refractivity contribution in [3.63, 3.8) is 0 Å². The lowest BCUT2D eigenvalue weighted by Gasteiger charge is -2.15. The Labute approximate surface area is 154 Å². The maximum absolute atomic E-state index is 12.0. The molecule has 7 heteroatoms. The first-order valence-electron chi connectivity index (χ1n) is 8.92. The Morgan fingerprint density at radius 3 is 2.58 bits per heavy atom. The van der Waals surface area contributed by atoms with Crippen LogP contribution >= 0.6 is 0 Å². The number of amides is 4. The standard InChI is InChI=1S/C19H27N3O4/c1-19(2)17(24)22(18(25)21-19)12-6-10-16(23)20-11-7-13-26-14-15-8-4-3-5-9-15/h3-5,8-9H,6-7,10-14H2,1-2H3,(H,20,23)(H,21,25). The van der Waals surface area contributed by atoms with Gasteiger partial charge in [0, 0.05) is 26.1 Å². The van der Waals surface area contributed by atoms with Gasteiger partial charge in [0.1, 0.15) is 5.54 Å². The van der Waals surface area contributed by atoms with Crippen LogP contribution in [0.15, 0.2) is 30.3 Å². The van der Waals surface area contributed by atoms with Gasteiger partial charge in [0.15, 0.2) is 0 Å². The highest BCUT2D eigenvalue weighted by Gasteiger charge is 2.43. The molecule has 7 nitrogen and oxygen atoms in total. The van der Waals surface area contributed by atoms with Crippen molar-refractivity contribution in [1.82, 2.24) is 15.5 Å². The van der Waals surface area contributed by atoms with Crippen LogP contribution in [0.2, 0.25) is 0 Å². The topological polar surface area (TPSA) is 87.7 Å². The molecule has 1 aromatic carbocycles. The number of hydrogen-bond donors (Lipinski definition) is 2. The molecule has 0 bridgehead atoms. The maximum atomic E-state index is 12.0. The minimum atomic E-state index is -0.862. The van der Waals surface area contributed by atoms with Gasteiger partial charge >= 0.3 is 6.03 Å². The number of carbonyl (C=O) groups excluding carboxylic acids is 3. The average molecular weight is 361 g/mol. The van der Waals surface area contributed by atoms with Gasteiger partial charge in [0.05, 0.1) is 6.61 Å². The molecule has 1 fully saturated rings. The number of ether oxygens (including phenoxy) is 1. The fraction of sp³-hybridized carbons (Fsp3) is 0.526. The van der Waals surface area contributed by atoms with Crippen LogP contribution < -0.4 is 10.6 Å². The van der Waals surface area contributed by atoms with E-state index in [1.807, 2.05) is 30.3 Å². The van der Waals surface area contributed by atoms with E-state index in [0.717, 1.165) is 12.0 Å². The van der Waals surface area contributed by atoms with E-state index in [2.05, 4.69) is 10.6 Å². The number of urea groups is 1. The SMILES string of the molecule is CC1(C)NC(=O)N(CCCC(=O)NCCCOCc2ccccc2)C1=O. The number of benzene rings is 1. The molecule has 0 aliphatic carbocycles. The molecule has 0 radical (unpaired) electrons. The molecule has 1 heterocycles. The van der Waals surface area contributed by atoms with Gasteiger partial charge in [-0.25, -0.2) is 4.79 Å². The lowest BCUT2D eigenvalue weighted by molar-refractivity contribution is -0.130. The smallest absolute Gasteiger partial charge is 0.325 e. The molecule has 142 valence electrons. The summed E-state index contributed by atoms with van der Waals surface area (Å²) >= 11 is 0. The van der Waals surface area contributed by atoms with Crippen LogP contribution in [-0.4, -0.2) is 48.0 Å². The summed E-state index contributed by atoms with van der Waals surface area (Å²) < 4.78 is 5.55. The van der Waals surface area contributed by atoms with E-state index in [9.17, 15) is 14.4 Å². The molecule has 2 N–H and O–H groups in total. The molecule has 0 aromatic heterocycles. The van der Waals surface area contributed by atoms with E-state index in [0.29, 0.717) is 26.2 Å². The zero-order chi connectivity index (χ0) is 19.0. The summed E-state index contributed by atoms with van der Waals surface area (Å²) in [6.07, 6.45) is 1.47. The first kappa shape index (κ1) is 19.9. The van der Waals surface area contributed by atoms with Crippen molar-refractivity contribution in [3.8, 4) is 0 Å². The Hall–Kier alpha value is -2.41. The molecule has 1 saturated heterocycles. The number of rotatable bonds is 10. The maximum Gasteiger partial charge on any atom is 0.325 e. The third kappa shape index (κ3) is 5.84. The number of imide groups is 1. The number of hydrogen-bond acceptors (Lipinski definition) is 4. The Morgan fingerprint density at radius 1 is 1.19 bits per heavy atom. The highest BCUT2D eigenvalue weighted by Crippen LogP contribution is 2.16. The van der Waals surface area contributed by atoms with Gasteiger partial charge in [0.2, 0.25) is 5.91 Å². The largest absolute Gasteiger partial charge is 0.377 e. The van der Waals surface area contributed by atoms with E-state index < -0.39 is 11.6 Å². The third-order valence-corrected chi connectivity index (χ3v) is 4.13. The van der Waals surface area contributed by atoms with Crippen LogP contribution in [0.3, 0.4) is 0 Å². The average Bonchev–Trinajstić information content (AvgIpc) is 2.80. The minimum absolute atomic E-state index is 0.0839. The van der Waals surface area contributed by atoms with Gasteiger partial charge < -0.3 is 15.4 Å². The van der Waals surface area contributed by atoms with Crippen molar-refractivity contribution >= 4 is 17.8 Å². The fourth-order valence-corrected chi connectivity index (χ4v) is 2.67. The van der Waals surface area contributed by atoms with Crippen molar-refractivity contribution < 1.29 is 19.1 Å². The quantitative estimate of drug-likeness (QED) is 0.491. The van der Waals surface area contributed by atoms with Crippen molar-refractivity contribution in [3.05, 3.63) is 35.9 Å². The van der Waals surface area contributed by atoms with E-state index >= 15 is 0 Å². The normalized spacial score (nSPS) is 15.8. The summed E-state index contributed by atoms with van der Waals surface area (Å²) in [5, 5.41) is 5.44. The lowest BCUT2D eigenvalue weighted by atomic mass is 10.1. The highest BCUT2D eigenvalue weighted by atomic mass is 16.5. The van der Waals surface area contributed by atoms with Gasteiger partial charge in [-0.15, -0.1) is 0 Å². The van der Waals surface area contributed by atoms with Crippen LogP contribution in [0, 0.1) is 0 Å². The summed E-state index contributed by atoms with van der Waals surface area (Å²) in [5.74, 6) is -0.335. The van der Waals surface area contributed by atoms with E-state index in [4.69, 9.17) is 4.74 Å². The van der Waals surface area contributed by atoms with Gasteiger partial charge in [0.25, 0.3) is 5.91 Å². The molecule has 0 saturated carbocycles. The second kappa shape index (κ2) is 9.33. The van der Waals surface area contributed by atoms with Crippen LogP contribution in [0.4, 0.5) is 4.79 Å². The molecular weight excluding hydrogens is 334 g/mol. The van der Waals surface area contributed by atoms with Crippen LogP contribution in [-0.2, 0) is 20.9 Å². The second-order valence-corrected chi connectivity index (χ2v) is 6.86. The Balaban J connectivity index is 1.51. The van der Waals surface area contributed by atoms with Crippen molar-refractivity contribution in [1.29, 1.82) is 0 Å². The second-order valence-electron chi connectivity index (χ2n) is 6.86. The Kier molecular flexibility index (Phi) is 7.15. The number of carbonyl (C=O) groups is 3. The van der Waals surface area contributed by atoms with Crippen molar-refractivity contribution in [2.45, 2.75) is 45.3 Å². The summed E-state index contributed by atoms with van der Waals surface area (Å²) in [4.78, 5) is 36.7. The van der Waals surface area contributed by atoms with Gasteiger partial charge in [-0.05, 0) is 32.3 Å². The predicted octanol–water partition coefficient (Wildman–Crippen LogP) is 1.82. The monoisotopic (exact) mass is 361 g/mol. The van der Waals surface area contributed by atoms with Crippen LogP contribution in [0.5, 0.6) is 0 Å². The minimum Gasteiger partial charge on any atom is -0.377 e. The molecule has 1 aliphatic heterocycles. The van der Waals surface area contributed by atoms with Crippen molar-refractivity contribution in [2.24, 2.45) is 0 Å². The summed E-state index contributed by atoms with van der Waals surface area (Å²) in [5.41, 5.74) is 0.263. The van der Waals surface area contributed by atoms with E-state index in [-0.39, 0.29) is 24.8 Å². The molecule has 0 unspecified atom stereocenters. The first-order chi connectivity index (χ1) is 12.4. The highest BCUT2D eigenvalue weighted by molar-refractivity contribution is 6.06. The zero-order valence-corrected chi connectivity index (χ0v) is 15.4. The summed E-state index contributed by atoms with van der Waals surface area (Å²) in [6, 6.07) is 9.53. The third-order valence-electron chi connectivity index (χ3n) is 4.13. The van der Waals surface area contributed by atoms with Gasteiger partial charge in [-0.3, -0.25) is 14.5 Å². The molecule has 4 amide bonds. The predicted molar refractivity (Wildman–Crippen MR) is 97.3 cm³/mol. The lowest BCUT2D eigenvalue weighted by Crippen LogP contribution is -2.40. The van der Waals surface area contributed by atoms with E-state index in [1.165, 1.54) is 4.90 Å². The van der Waals surface area contributed by atoms with Crippen LogP contribution in [0.1, 0.15) is 38.7 Å². The summed E-state index contributed by atoms with van der Waals surface area (Å²) in [7, 11) is 0.